The van der Waals surface area contributed by atoms with E-state index < -0.39 is 0 Å². The molecule has 0 spiro atoms. The molecular weight excluding hydrogens is 350 g/mol. The third-order valence-electron chi connectivity index (χ3n) is 4.05. The molecule has 0 radical (unpaired) electrons. The van der Waals surface area contributed by atoms with Gasteiger partial charge in [0.1, 0.15) is 12.4 Å². The van der Waals surface area contributed by atoms with Crippen molar-refractivity contribution >= 4 is 34.1 Å². The number of hydrogen-bond acceptors (Lipinski definition) is 3. The van der Waals surface area contributed by atoms with Crippen LogP contribution in [0.4, 0.5) is 5.69 Å². The number of H-pyrrole nitrogens is 1. The Balaban J connectivity index is 1.52. The van der Waals surface area contributed by atoms with Crippen LogP contribution >= 0.6 is 11.6 Å². The van der Waals surface area contributed by atoms with Gasteiger partial charge in [0.25, 0.3) is 0 Å². The second kappa shape index (κ2) is 6.65. The number of halogens is 1. The number of benzene rings is 2. The number of nitrogens with one attached hydrogen (secondary N) is 2. The van der Waals surface area contributed by atoms with Gasteiger partial charge in [-0.2, -0.15) is 5.10 Å². The van der Waals surface area contributed by atoms with Gasteiger partial charge in [-0.25, -0.2) is 4.98 Å². The maximum absolute atomic E-state index is 12.5. The SMILES string of the molecule is Cc1nc(-c2cccc(NC(=O)Cn3ccc4ccc(Cl)cc43)c2)n[nH]1. The highest BCUT2D eigenvalue weighted by Crippen LogP contribution is 2.22. The number of aryl methyl sites for hydroxylation is 1. The zero-order valence-corrected chi connectivity index (χ0v) is 14.8. The molecule has 7 heteroatoms. The predicted octanol–water partition coefficient (Wildman–Crippen LogP) is 4.03. The number of anilines is 1. The molecule has 2 aromatic carbocycles. The first-order chi connectivity index (χ1) is 12.6. The summed E-state index contributed by atoms with van der Waals surface area (Å²) in [6, 6.07) is 15.1. The lowest BCUT2D eigenvalue weighted by Gasteiger charge is -2.08. The minimum absolute atomic E-state index is 0.120. The molecule has 0 aliphatic rings. The van der Waals surface area contributed by atoms with Gasteiger partial charge in [0, 0.05) is 28.0 Å². The predicted molar refractivity (Wildman–Crippen MR) is 102 cm³/mol. The monoisotopic (exact) mass is 365 g/mol. The van der Waals surface area contributed by atoms with Crippen molar-refractivity contribution in [3.05, 3.63) is 65.6 Å². The average molecular weight is 366 g/mol. The first-order valence-corrected chi connectivity index (χ1v) is 8.50. The maximum Gasteiger partial charge on any atom is 0.244 e. The van der Waals surface area contributed by atoms with E-state index in [4.69, 9.17) is 11.6 Å². The molecule has 0 saturated carbocycles. The van der Waals surface area contributed by atoms with Crippen LogP contribution in [0.15, 0.2) is 54.7 Å². The second-order valence-corrected chi connectivity index (χ2v) is 6.46. The molecule has 1 amide bonds. The number of carbonyl (C=O) groups excluding carboxylic acids is 1. The summed E-state index contributed by atoms with van der Waals surface area (Å²) in [5.41, 5.74) is 2.47. The van der Waals surface area contributed by atoms with E-state index in [0.29, 0.717) is 16.5 Å². The smallest absolute Gasteiger partial charge is 0.244 e. The molecule has 2 heterocycles. The van der Waals surface area contributed by atoms with Gasteiger partial charge in [0.15, 0.2) is 5.82 Å². The van der Waals surface area contributed by atoms with Crippen LogP contribution in [0.2, 0.25) is 5.02 Å². The van der Waals surface area contributed by atoms with Crippen molar-refractivity contribution in [3.8, 4) is 11.4 Å². The Labute approximate surface area is 154 Å². The first-order valence-electron chi connectivity index (χ1n) is 8.12. The van der Waals surface area contributed by atoms with Gasteiger partial charge in [-0.15, -0.1) is 0 Å². The summed E-state index contributed by atoms with van der Waals surface area (Å²) in [4.78, 5) is 16.8. The van der Waals surface area contributed by atoms with Crippen molar-refractivity contribution < 1.29 is 4.79 Å². The van der Waals surface area contributed by atoms with Gasteiger partial charge in [0.05, 0.1) is 0 Å². The van der Waals surface area contributed by atoms with Crippen LogP contribution in [0.1, 0.15) is 5.82 Å². The van der Waals surface area contributed by atoms with Gasteiger partial charge in [-0.1, -0.05) is 29.8 Å². The summed E-state index contributed by atoms with van der Waals surface area (Å²) in [7, 11) is 0. The number of amides is 1. The van der Waals surface area contributed by atoms with E-state index in [-0.39, 0.29) is 12.5 Å². The number of hydrogen-bond donors (Lipinski definition) is 2. The Bertz CT molecular complexity index is 1100. The van der Waals surface area contributed by atoms with Crippen LogP contribution in [-0.4, -0.2) is 25.7 Å². The van der Waals surface area contributed by atoms with E-state index in [1.165, 1.54) is 0 Å². The molecule has 4 rings (SSSR count). The van der Waals surface area contributed by atoms with Crippen LogP contribution in [0.25, 0.3) is 22.3 Å². The second-order valence-electron chi connectivity index (χ2n) is 6.02. The van der Waals surface area contributed by atoms with Crippen molar-refractivity contribution in [2.24, 2.45) is 0 Å². The summed E-state index contributed by atoms with van der Waals surface area (Å²) in [6.07, 6.45) is 1.88. The van der Waals surface area contributed by atoms with Crippen molar-refractivity contribution in [3.63, 3.8) is 0 Å². The van der Waals surface area contributed by atoms with Gasteiger partial charge in [-0.3, -0.25) is 9.89 Å². The van der Waals surface area contributed by atoms with Gasteiger partial charge in [-0.05, 0) is 42.6 Å². The lowest BCUT2D eigenvalue weighted by Crippen LogP contribution is -2.18. The molecule has 2 aromatic heterocycles. The van der Waals surface area contributed by atoms with E-state index in [9.17, 15) is 4.79 Å². The fraction of sp³-hybridized carbons (Fsp3) is 0.105. The molecule has 0 saturated heterocycles. The van der Waals surface area contributed by atoms with Crippen LogP contribution in [0.5, 0.6) is 0 Å². The molecule has 26 heavy (non-hydrogen) atoms. The Kier molecular flexibility index (Phi) is 4.18. The highest BCUT2D eigenvalue weighted by Gasteiger charge is 2.09. The molecule has 0 bridgehead atoms. The molecule has 2 N–H and O–H groups in total. The zero-order valence-electron chi connectivity index (χ0n) is 14.0. The topological polar surface area (TPSA) is 75.6 Å². The quantitative estimate of drug-likeness (QED) is 0.573. The van der Waals surface area contributed by atoms with Gasteiger partial charge < -0.3 is 9.88 Å². The Morgan fingerprint density at radius 1 is 1.23 bits per heavy atom. The lowest BCUT2D eigenvalue weighted by molar-refractivity contribution is -0.116. The van der Waals surface area contributed by atoms with E-state index in [2.05, 4.69) is 20.5 Å². The van der Waals surface area contributed by atoms with Gasteiger partial charge >= 0.3 is 0 Å². The Morgan fingerprint density at radius 2 is 2.12 bits per heavy atom. The highest BCUT2D eigenvalue weighted by molar-refractivity contribution is 6.31. The largest absolute Gasteiger partial charge is 0.338 e. The fourth-order valence-electron chi connectivity index (χ4n) is 2.86. The molecule has 0 aliphatic heterocycles. The molecular formula is C19H16ClN5O. The normalized spacial score (nSPS) is 11.0. The van der Waals surface area contributed by atoms with E-state index in [1.54, 1.807) is 0 Å². The van der Waals surface area contributed by atoms with Gasteiger partial charge in [0.2, 0.25) is 5.91 Å². The molecule has 0 atom stereocenters. The number of fused-ring (bicyclic) bond motifs is 1. The number of aromatic amines is 1. The fourth-order valence-corrected chi connectivity index (χ4v) is 3.02. The Hall–Kier alpha value is -3.12. The first kappa shape index (κ1) is 16.4. The molecule has 0 fully saturated rings. The number of nitrogens with zero attached hydrogens (tertiary/aromatic N) is 3. The van der Waals surface area contributed by atoms with Crippen molar-refractivity contribution in [1.29, 1.82) is 0 Å². The number of rotatable bonds is 4. The van der Waals surface area contributed by atoms with Crippen molar-refractivity contribution in [2.45, 2.75) is 13.5 Å². The van der Waals surface area contributed by atoms with Crippen LogP contribution in [0, 0.1) is 6.92 Å². The standard InChI is InChI=1S/C19H16ClN5O/c1-12-21-19(24-23-12)14-3-2-4-16(9-14)22-18(26)11-25-8-7-13-5-6-15(20)10-17(13)25/h2-10H,11H2,1H3,(H,22,26)(H,21,23,24). The summed E-state index contributed by atoms with van der Waals surface area (Å²) < 4.78 is 1.87. The third kappa shape index (κ3) is 3.32. The van der Waals surface area contributed by atoms with Crippen LogP contribution in [0.3, 0.4) is 0 Å². The third-order valence-corrected chi connectivity index (χ3v) is 4.29. The van der Waals surface area contributed by atoms with Crippen molar-refractivity contribution in [1.82, 2.24) is 19.7 Å². The van der Waals surface area contributed by atoms with Crippen molar-refractivity contribution in [2.75, 3.05) is 5.32 Å². The minimum Gasteiger partial charge on any atom is -0.338 e. The minimum atomic E-state index is -0.120. The molecule has 4 aromatic rings. The van der Waals surface area contributed by atoms with E-state index in [1.807, 2.05) is 66.2 Å². The summed E-state index contributed by atoms with van der Waals surface area (Å²) in [5, 5.41) is 11.6. The van der Waals surface area contributed by atoms with E-state index in [0.717, 1.165) is 22.3 Å². The van der Waals surface area contributed by atoms with Crippen LogP contribution < -0.4 is 5.32 Å². The molecule has 6 nitrogen and oxygen atoms in total. The summed E-state index contributed by atoms with van der Waals surface area (Å²) in [5.74, 6) is 1.23. The van der Waals surface area contributed by atoms with Crippen LogP contribution in [-0.2, 0) is 11.3 Å². The Morgan fingerprint density at radius 3 is 2.92 bits per heavy atom. The maximum atomic E-state index is 12.5. The highest BCUT2D eigenvalue weighted by atomic mass is 35.5. The molecule has 0 aliphatic carbocycles. The summed E-state index contributed by atoms with van der Waals surface area (Å²) >= 11 is 6.06. The number of aromatic nitrogens is 4. The molecule has 0 unspecified atom stereocenters. The number of carbonyl (C=O) groups is 1. The van der Waals surface area contributed by atoms with E-state index >= 15 is 0 Å². The lowest BCUT2D eigenvalue weighted by atomic mass is 10.2. The average Bonchev–Trinajstić information content (AvgIpc) is 3.22. The zero-order chi connectivity index (χ0) is 18.1. The summed E-state index contributed by atoms with van der Waals surface area (Å²) in [6.45, 7) is 2.05. The molecule has 130 valence electrons.